The molecule has 34 heavy (non-hydrogen) atoms. The summed E-state index contributed by atoms with van der Waals surface area (Å²) in [5, 5.41) is 4.62. The number of fused-ring (bicyclic) bond motifs is 3. The van der Waals surface area contributed by atoms with Gasteiger partial charge < -0.3 is 24.8 Å². The Kier molecular flexibility index (Phi) is 5.16. The van der Waals surface area contributed by atoms with Gasteiger partial charge in [0.15, 0.2) is 0 Å². The van der Waals surface area contributed by atoms with E-state index in [0.29, 0.717) is 0 Å². The van der Waals surface area contributed by atoms with Crippen LogP contribution >= 0.6 is 11.3 Å². The van der Waals surface area contributed by atoms with Crippen LogP contribution in [-0.4, -0.2) is 78.8 Å². The van der Waals surface area contributed by atoms with Gasteiger partial charge in [-0.1, -0.05) is 0 Å². The molecule has 3 saturated heterocycles. The Labute approximate surface area is 203 Å². The molecule has 0 bridgehead atoms. The predicted molar refractivity (Wildman–Crippen MR) is 134 cm³/mol. The largest absolute Gasteiger partial charge is 0.378 e. The Morgan fingerprint density at radius 3 is 2.71 bits per heavy atom. The molecule has 0 radical (unpaired) electrons. The van der Waals surface area contributed by atoms with Crippen molar-refractivity contribution in [3.05, 3.63) is 52.9 Å². The van der Waals surface area contributed by atoms with Gasteiger partial charge in [0.05, 0.1) is 32.1 Å². The zero-order chi connectivity index (χ0) is 22.6. The third-order valence-corrected chi connectivity index (χ3v) is 8.99. The van der Waals surface area contributed by atoms with E-state index in [1.165, 1.54) is 29.2 Å². The minimum Gasteiger partial charge on any atom is -0.378 e. The zero-order valence-corrected chi connectivity index (χ0v) is 20.0. The Balaban J connectivity index is 1.23. The molecule has 1 aromatic carbocycles. The summed E-state index contributed by atoms with van der Waals surface area (Å²) in [6.45, 7) is 9.92. The number of rotatable bonds is 4. The normalized spacial score (nSPS) is 25.1. The highest BCUT2D eigenvalue weighted by Crippen LogP contribution is 2.42. The SMILES string of the molecule is Fc1cc(-c2cc3c(s2)CN(CN2CC4CNCC4C2)C=C3N2CCOCC2)c2cc[nH]c2c1. The highest BCUT2D eigenvalue weighted by Gasteiger charge is 2.37. The fourth-order valence-electron chi connectivity index (χ4n) is 6.18. The summed E-state index contributed by atoms with van der Waals surface area (Å²) in [5.41, 5.74) is 4.41. The number of halogens is 1. The second-order valence-corrected chi connectivity index (χ2v) is 11.2. The summed E-state index contributed by atoms with van der Waals surface area (Å²) in [7, 11) is 0. The molecular formula is C26H30FN5OS. The number of nitrogens with one attached hydrogen (secondary N) is 2. The van der Waals surface area contributed by atoms with Crippen LogP contribution in [0.2, 0.25) is 0 Å². The van der Waals surface area contributed by atoms with E-state index in [1.807, 2.05) is 23.6 Å². The number of H-pyrrole nitrogens is 1. The molecular weight excluding hydrogens is 449 g/mol. The first-order valence-corrected chi connectivity index (χ1v) is 13.1. The fourth-order valence-corrected chi connectivity index (χ4v) is 7.40. The molecule has 2 N–H and O–H groups in total. The molecule has 4 aliphatic heterocycles. The van der Waals surface area contributed by atoms with Crippen LogP contribution in [0.4, 0.5) is 4.39 Å². The van der Waals surface area contributed by atoms with Gasteiger partial charge in [-0.05, 0) is 49.2 Å². The van der Waals surface area contributed by atoms with Crippen molar-refractivity contribution in [2.75, 3.05) is 59.2 Å². The van der Waals surface area contributed by atoms with Crippen molar-refractivity contribution in [1.82, 2.24) is 25.0 Å². The average molecular weight is 480 g/mol. The van der Waals surface area contributed by atoms with E-state index < -0.39 is 0 Å². The van der Waals surface area contributed by atoms with Gasteiger partial charge in [-0.2, -0.15) is 0 Å². The minimum atomic E-state index is -0.198. The van der Waals surface area contributed by atoms with Crippen molar-refractivity contribution in [3.8, 4) is 10.4 Å². The van der Waals surface area contributed by atoms with Crippen molar-refractivity contribution >= 4 is 27.9 Å². The second-order valence-electron chi connectivity index (χ2n) is 10.1. The number of aromatic nitrogens is 1. The van der Waals surface area contributed by atoms with Crippen LogP contribution in [0.5, 0.6) is 0 Å². The van der Waals surface area contributed by atoms with E-state index in [2.05, 4.69) is 37.3 Å². The van der Waals surface area contributed by atoms with Gasteiger partial charge in [0.25, 0.3) is 0 Å². The van der Waals surface area contributed by atoms with Gasteiger partial charge in [-0.15, -0.1) is 11.3 Å². The number of nitrogens with zero attached hydrogens (tertiary/aromatic N) is 3. The van der Waals surface area contributed by atoms with Crippen LogP contribution in [0.15, 0.2) is 36.7 Å². The van der Waals surface area contributed by atoms with Gasteiger partial charge in [0.2, 0.25) is 0 Å². The number of benzene rings is 1. The molecule has 0 saturated carbocycles. The molecule has 4 aliphatic rings. The Hall–Kier alpha value is -2.39. The third-order valence-electron chi connectivity index (χ3n) is 7.83. The first-order valence-electron chi connectivity index (χ1n) is 12.3. The van der Waals surface area contributed by atoms with Crippen molar-refractivity contribution in [3.63, 3.8) is 0 Å². The first-order chi connectivity index (χ1) is 16.7. The van der Waals surface area contributed by atoms with Crippen LogP contribution in [0.1, 0.15) is 10.4 Å². The lowest BCUT2D eigenvalue weighted by molar-refractivity contribution is 0.0627. The van der Waals surface area contributed by atoms with Crippen LogP contribution < -0.4 is 5.32 Å². The Morgan fingerprint density at radius 2 is 1.88 bits per heavy atom. The molecule has 0 amide bonds. The summed E-state index contributed by atoms with van der Waals surface area (Å²) < 4.78 is 20.1. The standard InChI is InChI=1S/C26H30FN5OS/c27-19-7-21(20-1-2-29-23(20)8-19)25-9-22-24(32-3-5-33-6-4-32)14-31(15-26(22)34-25)16-30-12-17-10-28-11-18(17)13-30/h1-2,7-9,14,17-18,28-29H,3-6,10-13,15-16H2. The van der Waals surface area contributed by atoms with Crippen LogP contribution in [0.25, 0.3) is 27.0 Å². The lowest BCUT2D eigenvalue weighted by atomic mass is 10.0. The molecule has 178 valence electrons. The van der Waals surface area contributed by atoms with Crippen molar-refractivity contribution in [2.45, 2.75) is 6.54 Å². The number of thiophene rings is 1. The monoisotopic (exact) mass is 479 g/mol. The lowest BCUT2D eigenvalue weighted by Gasteiger charge is -2.37. The van der Waals surface area contributed by atoms with Crippen LogP contribution in [0, 0.1) is 17.7 Å². The number of ether oxygens (including phenoxy) is 1. The maximum atomic E-state index is 14.4. The molecule has 6 nitrogen and oxygen atoms in total. The number of aromatic amines is 1. The maximum absolute atomic E-state index is 14.4. The molecule has 3 fully saturated rings. The first kappa shape index (κ1) is 20.9. The summed E-state index contributed by atoms with van der Waals surface area (Å²) in [6, 6.07) is 7.59. The molecule has 6 heterocycles. The minimum absolute atomic E-state index is 0.198. The fraction of sp³-hybridized carbons (Fsp3) is 0.462. The van der Waals surface area contributed by atoms with Crippen molar-refractivity contribution < 1.29 is 9.13 Å². The van der Waals surface area contributed by atoms with Gasteiger partial charge in [0.1, 0.15) is 5.82 Å². The lowest BCUT2D eigenvalue weighted by Crippen LogP contribution is -2.40. The second kappa shape index (κ2) is 8.37. The third kappa shape index (κ3) is 3.64. The number of hydrogen-bond donors (Lipinski definition) is 2. The summed E-state index contributed by atoms with van der Waals surface area (Å²) in [6.07, 6.45) is 4.26. The number of morpholine rings is 1. The Bertz CT molecular complexity index is 1230. The van der Waals surface area contributed by atoms with E-state index in [-0.39, 0.29) is 5.82 Å². The Morgan fingerprint density at radius 1 is 1.06 bits per heavy atom. The van der Waals surface area contributed by atoms with E-state index in [0.717, 1.165) is 85.8 Å². The zero-order valence-electron chi connectivity index (χ0n) is 19.2. The predicted octanol–water partition coefficient (Wildman–Crippen LogP) is 3.59. The highest BCUT2D eigenvalue weighted by atomic mass is 32.1. The molecule has 2 aromatic heterocycles. The average Bonchev–Trinajstić information content (AvgIpc) is 3.62. The molecule has 0 aliphatic carbocycles. The molecule has 7 rings (SSSR count). The van der Waals surface area contributed by atoms with E-state index in [4.69, 9.17) is 4.74 Å². The van der Waals surface area contributed by atoms with Gasteiger partial charge in [-0.25, -0.2) is 4.39 Å². The van der Waals surface area contributed by atoms with E-state index in [9.17, 15) is 4.39 Å². The highest BCUT2D eigenvalue weighted by molar-refractivity contribution is 7.15. The summed E-state index contributed by atoms with van der Waals surface area (Å²) in [5.74, 6) is 1.40. The molecule has 8 heteroatoms. The topological polar surface area (TPSA) is 46.8 Å². The van der Waals surface area contributed by atoms with Gasteiger partial charge >= 0.3 is 0 Å². The molecule has 3 aromatic rings. The molecule has 2 unspecified atom stereocenters. The van der Waals surface area contributed by atoms with Crippen LogP contribution in [-0.2, 0) is 11.3 Å². The number of likely N-dealkylation sites (tertiary alicyclic amines) is 1. The van der Waals surface area contributed by atoms with Crippen molar-refractivity contribution in [1.29, 1.82) is 0 Å². The summed E-state index contributed by atoms with van der Waals surface area (Å²) >= 11 is 1.81. The number of hydrogen-bond acceptors (Lipinski definition) is 6. The van der Waals surface area contributed by atoms with E-state index >= 15 is 0 Å². The maximum Gasteiger partial charge on any atom is 0.125 e. The molecule has 0 spiro atoms. The van der Waals surface area contributed by atoms with Gasteiger partial charge in [-0.3, -0.25) is 4.90 Å². The quantitative estimate of drug-likeness (QED) is 0.599. The summed E-state index contributed by atoms with van der Waals surface area (Å²) in [4.78, 5) is 13.2. The van der Waals surface area contributed by atoms with E-state index in [1.54, 1.807) is 12.1 Å². The van der Waals surface area contributed by atoms with Crippen LogP contribution in [0.3, 0.4) is 0 Å². The van der Waals surface area contributed by atoms with Gasteiger partial charge in [0, 0.05) is 70.4 Å². The smallest absolute Gasteiger partial charge is 0.125 e. The molecule has 2 atom stereocenters. The van der Waals surface area contributed by atoms with Crippen molar-refractivity contribution in [2.24, 2.45) is 11.8 Å².